The highest BCUT2D eigenvalue weighted by Gasteiger charge is 2.18. The lowest BCUT2D eigenvalue weighted by Crippen LogP contribution is -2.49. The first kappa shape index (κ1) is 16.0. The van der Waals surface area contributed by atoms with E-state index < -0.39 is 0 Å². The standard InChI is InChI=1S/C17H27N3O/c1-3-17(16-7-5-4-6-8-16)18-9-10-19-11-13-20(14-12-19)15(2)21/h4-8,17-18H,3,9-14H2,1-2H3/t17-/m1/s1. The molecule has 0 bridgehead atoms. The number of carbonyl (C=O) groups is 1. The molecule has 1 saturated heterocycles. The molecule has 0 unspecified atom stereocenters. The molecule has 4 heteroatoms. The van der Waals surface area contributed by atoms with Crippen molar-refractivity contribution in [2.24, 2.45) is 0 Å². The molecule has 116 valence electrons. The van der Waals surface area contributed by atoms with Gasteiger partial charge in [-0.25, -0.2) is 0 Å². The average molecular weight is 289 g/mol. The molecule has 21 heavy (non-hydrogen) atoms. The number of amides is 1. The van der Waals surface area contributed by atoms with Gasteiger partial charge in [0.25, 0.3) is 0 Å². The Bertz CT molecular complexity index is 427. The summed E-state index contributed by atoms with van der Waals surface area (Å²) < 4.78 is 0. The molecule has 1 aliphatic rings. The van der Waals surface area contributed by atoms with E-state index >= 15 is 0 Å². The lowest BCUT2D eigenvalue weighted by Gasteiger charge is -2.34. The van der Waals surface area contributed by atoms with Gasteiger partial charge in [-0.2, -0.15) is 0 Å². The number of benzene rings is 1. The molecule has 1 aliphatic heterocycles. The quantitative estimate of drug-likeness (QED) is 0.869. The van der Waals surface area contributed by atoms with Crippen molar-refractivity contribution in [3.63, 3.8) is 0 Å². The minimum atomic E-state index is 0.197. The van der Waals surface area contributed by atoms with Crippen LogP contribution in [0.2, 0.25) is 0 Å². The molecule has 1 fully saturated rings. The zero-order chi connectivity index (χ0) is 15.1. The average Bonchev–Trinajstić information content (AvgIpc) is 2.53. The number of nitrogens with one attached hydrogen (secondary N) is 1. The van der Waals surface area contributed by atoms with Gasteiger partial charge in [-0.15, -0.1) is 0 Å². The highest BCUT2D eigenvalue weighted by molar-refractivity contribution is 5.73. The first-order valence-electron chi connectivity index (χ1n) is 7.97. The number of carbonyl (C=O) groups excluding carboxylic acids is 1. The maximum atomic E-state index is 11.3. The molecule has 1 heterocycles. The van der Waals surface area contributed by atoms with Crippen LogP contribution in [-0.4, -0.2) is 55.0 Å². The minimum Gasteiger partial charge on any atom is -0.340 e. The highest BCUT2D eigenvalue weighted by atomic mass is 16.2. The van der Waals surface area contributed by atoms with Gasteiger partial charge in [0.1, 0.15) is 0 Å². The van der Waals surface area contributed by atoms with Crippen molar-refractivity contribution in [1.82, 2.24) is 15.1 Å². The molecule has 1 aromatic carbocycles. The molecule has 0 radical (unpaired) electrons. The Morgan fingerprint density at radius 1 is 1.19 bits per heavy atom. The first-order chi connectivity index (χ1) is 10.2. The van der Waals surface area contributed by atoms with Crippen molar-refractivity contribution >= 4 is 5.91 Å². The van der Waals surface area contributed by atoms with E-state index in [-0.39, 0.29) is 5.91 Å². The third-order valence-corrected chi connectivity index (χ3v) is 4.25. The summed E-state index contributed by atoms with van der Waals surface area (Å²) in [6, 6.07) is 11.1. The second kappa shape index (κ2) is 8.15. The maximum absolute atomic E-state index is 11.3. The summed E-state index contributed by atoms with van der Waals surface area (Å²) in [5.41, 5.74) is 1.36. The van der Waals surface area contributed by atoms with E-state index in [0.717, 1.165) is 45.7 Å². The van der Waals surface area contributed by atoms with Crippen LogP contribution in [0.1, 0.15) is 31.9 Å². The van der Waals surface area contributed by atoms with Crippen molar-refractivity contribution in [3.05, 3.63) is 35.9 Å². The second-order valence-electron chi connectivity index (χ2n) is 5.67. The molecular weight excluding hydrogens is 262 g/mol. The molecule has 4 nitrogen and oxygen atoms in total. The SMILES string of the molecule is CC[C@@H](NCCN1CCN(C(C)=O)CC1)c1ccccc1. The van der Waals surface area contributed by atoms with Gasteiger partial charge in [-0.1, -0.05) is 37.3 Å². The van der Waals surface area contributed by atoms with Crippen LogP contribution in [0.3, 0.4) is 0 Å². The molecule has 2 rings (SSSR count). The molecule has 1 N–H and O–H groups in total. The Morgan fingerprint density at radius 2 is 1.86 bits per heavy atom. The molecule has 1 amide bonds. The monoisotopic (exact) mass is 289 g/mol. The Labute approximate surface area is 128 Å². The lowest BCUT2D eigenvalue weighted by atomic mass is 10.0. The minimum absolute atomic E-state index is 0.197. The van der Waals surface area contributed by atoms with Crippen LogP contribution in [-0.2, 0) is 4.79 Å². The van der Waals surface area contributed by atoms with Crippen molar-refractivity contribution in [2.45, 2.75) is 26.3 Å². The van der Waals surface area contributed by atoms with Crippen molar-refractivity contribution in [1.29, 1.82) is 0 Å². The van der Waals surface area contributed by atoms with Gasteiger partial charge in [-0.05, 0) is 12.0 Å². The maximum Gasteiger partial charge on any atom is 0.219 e. The van der Waals surface area contributed by atoms with Crippen LogP contribution in [0.15, 0.2) is 30.3 Å². The Hall–Kier alpha value is -1.39. The van der Waals surface area contributed by atoms with Crippen LogP contribution in [0.5, 0.6) is 0 Å². The second-order valence-corrected chi connectivity index (χ2v) is 5.67. The van der Waals surface area contributed by atoms with E-state index in [1.54, 1.807) is 6.92 Å². The van der Waals surface area contributed by atoms with E-state index in [9.17, 15) is 4.79 Å². The summed E-state index contributed by atoms with van der Waals surface area (Å²) in [5, 5.41) is 3.64. The Balaban J connectivity index is 1.71. The molecule has 0 aliphatic carbocycles. The number of piperazine rings is 1. The van der Waals surface area contributed by atoms with E-state index in [2.05, 4.69) is 47.5 Å². The van der Waals surface area contributed by atoms with Gasteiger partial charge in [0.05, 0.1) is 0 Å². The predicted molar refractivity (Wildman–Crippen MR) is 86.2 cm³/mol. The third kappa shape index (κ3) is 4.83. The van der Waals surface area contributed by atoms with E-state index in [4.69, 9.17) is 0 Å². The topological polar surface area (TPSA) is 35.6 Å². The van der Waals surface area contributed by atoms with Gasteiger partial charge in [0, 0.05) is 52.2 Å². The summed E-state index contributed by atoms with van der Waals surface area (Å²) in [6.07, 6.45) is 1.10. The molecule has 1 aromatic rings. The molecular formula is C17H27N3O. The molecule has 0 aromatic heterocycles. The predicted octanol–water partition coefficient (Wildman–Crippen LogP) is 1.89. The zero-order valence-corrected chi connectivity index (χ0v) is 13.2. The molecule has 0 saturated carbocycles. The first-order valence-corrected chi connectivity index (χ1v) is 7.97. The number of hydrogen-bond acceptors (Lipinski definition) is 3. The Kier molecular flexibility index (Phi) is 6.21. The summed E-state index contributed by atoms with van der Waals surface area (Å²) in [6.45, 7) is 9.63. The van der Waals surface area contributed by atoms with E-state index in [0.29, 0.717) is 6.04 Å². The van der Waals surface area contributed by atoms with E-state index in [1.807, 2.05) is 4.90 Å². The van der Waals surface area contributed by atoms with E-state index in [1.165, 1.54) is 5.56 Å². The number of rotatable bonds is 6. The van der Waals surface area contributed by atoms with Crippen molar-refractivity contribution in [3.8, 4) is 0 Å². The van der Waals surface area contributed by atoms with Gasteiger partial charge in [-0.3, -0.25) is 9.69 Å². The van der Waals surface area contributed by atoms with Crippen molar-refractivity contribution in [2.75, 3.05) is 39.3 Å². The Morgan fingerprint density at radius 3 is 2.43 bits per heavy atom. The smallest absolute Gasteiger partial charge is 0.219 e. The largest absolute Gasteiger partial charge is 0.340 e. The fourth-order valence-corrected chi connectivity index (χ4v) is 2.87. The fourth-order valence-electron chi connectivity index (χ4n) is 2.87. The van der Waals surface area contributed by atoms with Crippen LogP contribution in [0.4, 0.5) is 0 Å². The summed E-state index contributed by atoms with van der Waals surface area (Å²) in [5.74, 6) is 0.197. The summed E-state index contributed by atoms with van der Waals surface area (Å²) >= 11 is 0. The van der Waals surface area contributed by atoms with Gasteiger partial charge >= 0.3 is 0 Å². The zero-order valence-electron chi connectivity index (χ0n) is 13.2. The van der Waals surface area contributed by atoms with Gasteiger partial charge in [0.2, 0.25) is 5.91 Å². The van der Waals surface area contributed by atoms with Crippen LogP contribution in [0, 0.1) is 0 Å². The fraction of sp³-hybridized carbons (Fsp3) is 0.588. The summed E-state index contributed by atoms with van der Waals surface area (Å²) in [7, 11) is 0. The lowest BCUT2D eigenvalue weighted by molar-refractivity contribution is -0.130. The van der Waals surface area contributed by atoms with Crippen LogP contribution in [0.25, 0.3) is 0 Å². The van der Waals surface area contributed by atoms with Gasteiger partial charge in [0.15, 0.2) is 0 Å². The summed E-state index contributed by atoms with van der Waals surface area (Å²) in [4.78, 5) is 15.7. The van der Waals surface area contributed by atoms with Crippen molar-refractivity contribution < 1.29 is 4.79 Å². The normalized spacial score (nSPS) is 17.7. The number of nitrogens with zero attached hydrogens (tertiary/aromatic N) is 2. The van der Waals surface area contributed by atoms with Crippen LogP contribution < -0.4 is 5.32 Å². The van der Waals surface area contributed by atoms with Crippen LogP contribution >= 0.6 is 0 Å². The number of hydrogen-bond donors (Lipinski definition) is 1. The third-order valence-electron chi connectivity index (χ3n) is 4.25. The highest BCUT2D eigenvalue weighted by Crippen LogP contribution is 2.15. The molecule has 1 atom stereocenters. The molecule has 0 spiro atoms. The van der Waals surface area contributed by atoms with Gasteiger partial charge < -0.3 is 10.2 Å².